The molecule has 0 aliphatic rings. The second-order valence-corrected chi connectivity index (χ2v) is 7.09. The van der Waals surface area contributed by atoms with Crippen LogP contribution in [0.1, 0.15) is 30.8 Å². The summed E-state index contributed by atoms with van der Waals surface area (Å²) in [5, 5.41) is 18.4. The van der Waals surface area contributed by atoms with Gasteiger partial charge in [-0.05, 0) is 29.9 Å². The van der Waals surface area contributed by atoms with Gasteiger partial charge in [0.15, 0.2) is 0 Å². The zero-order valence-corrected chi connectivity index (χ0v) is 13.3. The van der Waals surface area contributed by atoms with Crippen LogP contribution in [0.5, 0.6) is 0 Å². The molecule has 0 bridgehead atoms. The van der Waals surface area contributed by atoms with E-state index in [0.717, 1.165) is 22.7 Å². The molecule has 114 valence electrons. The molecule has 0 radical (unpaired) electrons. The summed E-state index contributed by atoms with van der Waals surface area (Å²) in [5.74, 6) is -0.0389. The first kappa shape index (κ1) is 15.8. The molecule has 0 aromatic carbocycles. The molecule has 0 amide bonds. The topological polar surface area (TPSA) is 105 Å². The standard InChI is InChI=1S/C12H16N4O3S2/c1-3-9-10(4-2)14-15-12(13-9)16-21(18,19)11-5-8(6-17)7-20-11/h5,7,17H,3-4,6H2,1-2H3,(H,13,15,16). The Bertz CT molecular complexity index is 728. The number of aliphatic hydroxyl groups excluding tert-OH is 1. The average Bonchev–Trinajstić information content (AvgIpc) is 2.96. The van der Waals surface area contributed by atoms with Crippen LogP contribution in [0.25, 0.3) is 0 Å². The Kier molecular flexibility index (Phi) is 4.86. The molecule has 2 rings (SSSR count). The summed E-state index contributed by atoms with van der Waals surface area (Å²) in [6, 6.07) is 1.42. The minimum Gasteiger partial charge on any atom is -0.392 e. The molecule has 0 fully saturated rings. The van der Waals surface area contributed by atoms with Gasteiger partial charge in [-0.3, -0.25) is 0 Å². The fourth-order valence-electron chi connectivity index (χ4n) is 1.73. The molecule has 0 saturated heterocycles. The van der Waals surface area contributed by atoms with E-state index >= 15 is 0 Å². The Morgan fingerprint density at radius 2 is 1.95 bits per heavy atom. The first-order valence-corrected chi connectivity index (χ1v) is 8.80. The van der Waals surface area contributed by atoms with Crippen LogP contribution in [-0.2, 0) is 29.5 Å². The van der Waals surface area contributed by atoms with Crippen LogP contribution in [-0.4, -0.2) is 28.7 Å². The Labute approximate surface area is 127 Å². The van der Waals surface area contributed by atoms with E-state index < -0.39 is 10.0 Å². The highest BCUT2D eigenvalue weighted by Gasteiger charge is 2.19. The normalized spacial score (nSPS) is 11.6. The number of anilines is 1. The minimum absolute atomic E-state index is 0.0389. The highest BCUT2D eigenvalue weighted by Crippen LogP contribution is 2.22. The first-order valence-electron chi connectivity index (χ1n) is 6.43. The van der Waals surface area contributed by atoms with E-state index in [1.807, 2.05) is 13.8 Å². The average molecular weight is 328 g/mol. The third-order valence-corrected chi connectivity index (χ3v) is 5.63. The van der Waals surface area contributed by atoms with Crippen LogP contribution >= 0.6 is 11.3 Å². The van der Waals surface area contributed by atoms with Gasteiger partial charge in [0, 0.05) is 0 Å². The van der Waals surface area contributed by atoms with Crippen molar-refractivity contribution >= 4 is 27.3 Å². The fourth-order valence-corrected chi connectivity index (χ4v) is 3.87. The van der Waals surface area contributed by atoms with E-state index in [-0.39, 0.29) is 16.8 Å². The molecule has 21 heavy (non-hydrogen) atoms. The lowest BCUT2D eigenvalue weighted by molar-refractivity contribution is 0.282. The second kappa shape index (κ2) is 6.46. The summed E-state index contributed by atoms with van der Waals surface area (Å²) < 4.78 is 26.8. The molecule has 0 aliphatic heterocycles. The number of hydrogen-bond donors (Lipinski definition) is 2. The maximum Gasteiger partial charge on any atom is 0.273 e. The molecule has 0 aliphatic carbocycles. The van der Waals surface area contributed by atoms with Crippen molar-refractivity contribution in [3.63, 3.8) is 0 Å². The van der Waals surface area contributed by atoms with Gasteiger partial charge in [-0.2, -0.15) is 0 Å². The Morgan fingerprint density at radius 1 is 1.24 bits per heavy atom. The van der Waals surface area contributed by atoms with Crippen molar-refractivity contribution in [2.45, 2.75) is 37.5 Å². The number of aromatic nitrogens is 3. The summed E-state index contributed by atoms with van der Waals surface area (Å²) in [7, 11) is -3.75. The van der Waals surface area contributed by atoms with Crippen LogP contribution < -0.4 is 4.72 Å². The first-order chi connectivity index (χ1) is 10.00. The van der Waals surface area contributed by atoms with Crippen molar-refractivity contribution in [3.05, 3.63) is 28.4 Å². The molecule has 9 heteroatoms. The van der Waals surface area contributed by atoms with Gasteiger partial charge in [0.1, 0.15) is 4.21 Å². The fraction of sp³-hybridized carbons (Fsp3) is 0.417. The molecular formula is C12H16N4O3S2. The van der Waals surface area contributed by atoms with Gasteiger partial charge >= 0.3 is 0 Å². The molecule has 7 nitrogen and oxygen atoms in total. The van der Waals surface area contributed by atoms with Crippen LogP contribution in [0.4, 0.5) is 5.95 Å². The molecule has 2 aromatic rings. The molecule has 2 heterocycles. The van der Waals surface area contributed by atoms with E-state index in [2.05, 4.69) is 19.9 Å². The quantitative estimate of drug-likeness (QED) is 0.829. The van der Waals surface area contributed by atoms with Crippen LogP contribution in [0, 0.1) is 0 Å². The lowest BCUT2D eigenvalue weighted by atomic mass is 10.2. The second-order valence-electron chi connectivity index (χ2n) is 4.27. The van der Waals surface area contributed by atoms with E-state index in [9.17, 15) is 8.42 Å². The van der Waals surface area contributed by atoms with E-state index in [1.54, 1.807) is 5.38 Å². The van der Waals surface area contributed by atoms with Crippen molar-refractivity contribution in [2.24, 2.45) is 0 Å². The summed E-state index contributed by atoms with van der Waals surface area (Å²) in [6.07, 6.45) is 1.35. The van der Waals surface area contributed by atoms with Gasteiger partial charge in [0.25, 0.3) is 16.0 Å². The molecule has 0 spiro atoms. The van der Waals surface area contributed by atoms with Gasteiger partial charge in [0.2, 0.25) is 0 Å². The molecule has 2 N–H and O–H groups in total. The Hall–Kier alpha value is -1.58. The third kappa shape index (κ3) is 3.55. The van der Waals surface area contributed by atoms with Crippen LogP contribution in [0.2, 0.25) is 0 Å². The number of nitrogens with one attached hydrogen (secondary N) is 1. The van der Waals surface area contributed by atoms with Gasteiger partial charge in [-0.25, -0.2) is 18.1 Å². The SMILES string of the molecule is CCc1nnc(NS(=O)(=O)c2cc(CO)cs2)nc1CC. The van der Waals surface area contributed by atoms with Crippen LogP contribution in [0.15, 0.2) is 15.7 Å². The van der Waals surface area contributed by atoms with Gasteiger partial charge < -0.3 is 5.11 Å². The summed E-state index contributed by atoms with van der Waals surface area (Å²) in [6.45, 7) is 3.67. The maximum atomic E-state index is 12.2. The molecule has 0 atom stereocenters. The van der Waals surface area contributed by atoms with Crippen molar-refractivity contribution in [3.8, 4) is 0 Å². The van der Waals surface area contributed by atoms with Gasteiger partial charge in [-0.15, -0.1) is 21.5 Å². The number of aliphatic hydroxyl groups is 1. The minimum atomic E-state index is -3.75. The largest absolute Gasteiger partial charge is 0.392 e. The molecule has 0 unspecified atom stereocenters. The van der Waals surface area contributed by atoms with E-state index in [1.165, 1.54) is 6.07 Å². The number of aryl methyl sites for hydroxylation is 2. The smallest absolute Gasteiger partial charge is 0.273 e. The van der Waals surface area contributed by atoms with Gasteiger partial charge in [-0.1, -0.05) is 13.8 Å². The lowest BCUT2D eigenvalue weighted by Crippen LogP contribution is -2.16. The van der Waals surface area contributed by atoms with Crippen molar-refractivity contribution in [1.29, 1.82) is 0 Å². The summed E-state index contributed by atoms with van der Waals surface area (Å²) in [5.41, 5.74) is 2.04. The monoisotopic (exact) mass is 328 g/mol. The third-order valence-electron chi connectivity index (χ3n) is 2.81. The van der Waals surface area contributed by atoms with Crippen LogP contribution in [0.3, 0.4) is 0 Å². The number of rotatable bonds is 6. The summed E-state index contributed by atoms with van der Waals surface area (Å²) >= 11 is 1.03. The van der Waals surface area contributed by atoms with E-state index in [0.29, 0.717) is 18.4 Å². The number of nitrogens with zero attached hydrogens (tertiary/aromatic N) is 3. The zero-order valence-electron chi connectivity index (χ0n) is 11.7. The highest BCUT2D eigenvalue weighted by molar-refractivity contribution is 7.94. The molecular weight excluding hydrogens is 312 g/mol. The highest BCUT2D eigenvalue weighted by atomic mass is 32.2. The lowest BCUT2D eigenvalue weighted by Gasteiger charge is -2.07. The number of sulfonamides is 1. The Morgan fingerprint density at radius 3 is 2.52 bits per heavy atom. The molecule has 2 aromatic heterocycles. The number of hydrogen-bond acceptors (Lipinski definition) is 7. The van der Waals surface area contributed by atoms with Crippen molar-refractivity contribution in [1.82, 2.24) is 15.2 Å². The predicted octanol–water partition coefficient (Wildman–Crippen LogP) is 1.35. The zero-order chi connectivity index (χ0) is 15.5. The number of thiophene rings is 1. The van der Waals surface area contributed by atoms with E-state index in [4.69, 9.17) is 5.11 Å². The van der Waals surface area contributed by atoms with Gasteiger partial charge in [0.05, 0.1) is 18.0 Å². The summed E-state index contributed by atoms with van der Waals surface area (Å²) in [4.78, 5) is 4.19. The van der Waals surface area contributed by atoms with Crippen molar-refractivity contribution < 1.29 is 13.5 Å². The maximum absolute atomic E-state index is 12.2. The Balaban J connectivity index is 2.28. The van der Waals surface area contributed by atoms with Crippen molar-refractivity contribution in [2.75, 3.05) is 4.72 Å². The molecule has 0 saturated carbocycles. The predicted molar refractivity (Wildman–Crippen MR) is 79.6 cm³/mol.